The molecule has 0 spiro atoms. The second kappa shape index (κ2) is 7.03. The van der Waals surface area contributed by atoms with E-state index in [-0.39, 0.29) is 23.7 Å². The van der Waals surface area contributed by atoms with Gasteiger partial charge in [-0.05, 0) is 12.1 Å². The van der Waals surface area contributed by atoms with E-state index < -0.39 is 10.9 Å². The van der Waals surface area contributed by atoms with Gasteiger partial charge in [-0.3, -0.25) is 14.9 Å². The first-order valence-electron chi connectivity index (χ1n) is 5.73. The summed E-state index contributed by atoms with van der Waals surface area (Å²) in [5, 5.41) is 13.5. The van der Waals surface area contributed by atoms with Crippen LogP contribution in [0.4, 0.5) is 5.69 Å². The molecule has 20 heavy (non-hydrogen) atoms. The van der Waals surface area contributed by atoms with E-state index in [1.807, 2.05) is 0 Å². The number of nitro benzene ring substituents is 1. The molecule has 0 aliphatic heterocycles. The molecule has 0 aliphatic carbocycles. The van der Waals surface area contributed by atoms with E-state index in [0.717, 1.165) is 6.07 Å². The molecule has 0 bridgehead atoms. The lowest BCUT2D eigenvalue weighted by atomic mass is 10.1. The summed E-state index contributed by atoms with van der Waals surface area (Å²) < 4.78 is 4.51. The maximum atomic E-state index is 11.3. The Morgan fingerprint density at radius 2 is 2.15 bits per heavy atom. The van der Waals surface area contributed by atoms with Gasteiger partial charge >= 0.3 is 5.97 Å². The smallest absolute Gasteiger partial charge is 0.338 e. The Kier molecular flexibility index (Phi) is 5.40. The number of nitrogens with one attached hydrogen (secondary N) is 1. The van der Waals surface area contributed by atoms with Gasteiger partial charge in [-0.15, -0.1) is 0 Å². The van der Waals surface area contributed by atoms with Crippen molar-refractivity contribution in [3.63, 3.8) is 0 Å². The van der Waals surface area contributed by atoms with Crippen LogP contribution in [0.1, 0.15) is 22.8 Å². The minimum Gasteiger partial charge on any atom is -0.465 e. The topological polar surface area (TPSA) is 98.5 Å². The Hall–Kier alpha value is -2.70. The van der Waals surface area contributed by atoms with Crippen LogP contribution in [0.5, 0.6) is 0 Å². The first-order valence-corrected chi connectivity index (χ1v) is 5.73. The molecule has 0 unspecified atom stereocenters. The highest BCUT2D eigenvalue weighted by molar-refractivity contribution is 5.90. The summed E-state index contributed by atoms with van der Waals surface area (Å²) in [6.45, 7) is 1.65. The third kappa shape index (κ3) is 4.20. The third-order valence-electron chi connectivity index (χ3n) is 2.41. The van der Waals surface area contributed by atoms with Gasteiger partial charge in [0.25, 0.3) is 5.69 Å². The van der Waals surface area contributed by atoms with Crippen molar-refractivity contribution in [2.45, 2.75) is 6.92 Å². The van der Waals surface area contributed by atoms with Crippen LogP contribution < -0.4 is 5.32 Å². The lowest BCUT2D eigenvalue weighted by molar-refractivity contribution is -0.385. The maximum Gasteiger partial charge on any atom is 0.338 e. The van der Waals surface area contributed by atoms with Crippen molar-refractivity contribution in [3.8, 4) is 0 Å². The van der Waals surface area contributed by atoms with Gasteiger partial charge in [0.15, 0.2) is 0 Å². The van der Waals surface area contributed by atoms with E-state index in [2.05, 4.69) is 10.1 Å². The molecule has 7 nitrogen and oxygen atoms in total. The summed E-state index contributed by atoms with van der Waals surface area (Å²) in [6, 6.07) is 4.05. The van der Waals surface area contributed by atoms with Crippen LogP contribution in [0.15, 0.2) is 24.3 Å². The van der Waals surface area contributed by atoms with Gasteiger partial charge in [-0.25, -0.2) is 4.79 Å². The van der Waals surface area contributed by atoms with Crippen LogP contribution in [0.3, 0.4) is 0 Å². The number of carbonyl (C=O) groups is 2. The largest absolute Gasteiger partial charge is 0.465 e. The average Bonchev–Trinajstić information content (AvgIpc) is 2.42. The van der Waals surface area contributed by atoms with Gasteiger partial charge in [0.05, 0.1) is 23.2 Å². The zero-order valence-electron chi connectivity index (χ0n) is 11.1. The summed E-state index contributed by atoms with van der Waals surface area (Å²) in [5.41, 5.74) is 0.248. The number of hydrogen-bond acceptors (Lipinski definition) is 5. The number of hydrogen-bond donors (Lipinski definition) is 1. The highest BCUT2D eigenvalue weighted by Gasteiger charge is 2.16. The van der Waals surface area contributed by atoms with Crippen molar-refractivity contribution in [1.82, 2.24) is 5.32 Å². The normalized spacial score (nSPS) is 10.3. The molecule has 0 saturated heterocycles. The molecular weight excluding hydrogens is 264 g/mol. The fourth-order valence-corrected chi connectivity index (χ4v) is 1.48. The Morgan fingerprint density at radius 1 is 1.45 bits per heavy atom. The Morgan fingerprint density at radius 3 is 2.70 bits per heavy atom. The summed E-state index contributed by atoms with van der Waals surface area (Å²) >= 11 is 0. The highest BCUT2D eigenvalue weighted by Crippen LogP contribution is 2.22. The molecule has 0 heterocycles. The zero-order chi connectivity index (χ0) is 15.1. The van der Waals surface area contributed by atoms with Crippen molar-refractivity contribution < 1.29 is 19.2 Å². The molecule has 1 aromatic carbocycles. The number of esters is 1. The lowest BCUT2D eigenvalue weighted by Gasteiger charge is -2.02. The van der Waals surface area contributed by atoms with E-state index in [9.17, 15) is 19.7 Å². The molecule has 1 amide bonds. The summed E-state index contributed by atoms with van der Waals surface area (Å²) in [7, 11) is 1.20. The lowest BCUT2D eigenvalue weighted by Crippen LogP contribution is -2.19. The predicted octanol–water partition coefficient (Wildman–Crippen LogP) is 1.53. The van der Waals surface area contributed by atoms with Gasteiger partial charge in [0.2, 0.25) is 5.91 Å². The first kappa shape index (κ1) is 15.4. The average molecular weight is 278 g/mol. The molecule has 0 radical (unpaired) electrons. The van der Waals surface area contributed by atoms with Gasteiger partial charge in [0, 0.05) is 19.5 Å². The van der Waals surface area contributed by atoms with Crippen LogP contribution in [0.2, 0.25) is 0 Å². The Bertz CT molecular complexity index is 566. The second-order valence-corrected chi connectivity index (χ2v) is 3.86. The molecule has 0 atom stereocenters. The molecule has 1 aromatic rings. The predicted molar refractivity (Wildman–Crippen MR) is 72.2 cm³/mol. The van der Waals surface area contributed by atoms with Crippen LogP contribution in [0, 0.1) is 10.1 Å². The number of carbonyl (C=O) groups excluding carboxylic acids is 2. The van der Waals surface area contributed by atoms with Crippen LogP contribution in [0.25, 0.3) is 6.08 Å². The standard InChI is InChI=1S/C13H14N2O5/c1-9(16)14-7-3-4-10-5-6-11(13(17)20-2)8-12(10)15(18)19/h3-6,8H,7H2,1-2H3,(H,14,16). The van der Waals surface area contributed by atoms with Gasteiger partial charge < -0.3 is 10.1 Å². The minimum absolute atomic E-state index is 0.109. The van der Waals surface area contributed by atoms with E-state index in [4.69, 9.17) is 0 Å². The summed E-state index contributed by atoms with van der Waals surface area (Å²) in [4.78, 5) is 32.4. The van der Waals surface area contributed by atoms with Crippen molar-refractivity contribution in [1.29, 1.82) is 0 Å². The molecule has 1 rings (SSSR count). The SMILES string of the molecule is COC(=O)c1ccc(C=CCNC(C)=O)c([N+](=O)[O-])c1. The van der Waals surface area contributed by atoms with Crippen LogP contribution in [-0.2, 0) is 9.53 Å². The zero-order valence-corrected chi connectivity index (χ0v) is 11.1. The fourth-order valence-electron chi connectivity index (χ4n) is 1.48. The fraction of sp³-hybridized carbons (Fsp3) is 0.231. The molecule has 0 saturated carbocycles. The van der Waals surface area contributed by atoms with Crippen molar-refractivity contribution in [2.24, 2.45) is 0 Å². The summed E-state index contributed by atoms with van der Waals surface area (Å²) in [6.07, 6.45) is 3.09. The van der Waals surface area contributed by atoms with Gasteiger partial charge in [0.1, 0.15) is 0 Å². The van der Waals surface area contributed by atoms with Gasteiger partial charge in [-0.1, -0.05) is 12.2 Å². The number of ether oxygens (including phenoxy) is 1. The number of nitrogens with zero attached hydrogens (tertiary/aromatic N) is 1. The number of rotatable bonds is 5. The van der Waals surface area contributed by atoms with Crippen LogP contribution >= 0.6 is 0 Å². The van der Waals surface area contributed by atoms with E-state index in [1.165, 1.54) is 32.2 Å². The summed E-state index contributed by atoms with van der Waals surface area (Å²) in [5.74, 6) is -0.827. The number of amides is 1. The number of benzene rings is 1. The van der Waals surface area contributed by atoms with Crippen molar-refractivity contribution in [3.05, 3.63) is 45.5 Å². The van der Waals surface area contributed by atoms with E-state index in [0.29, 0.717) is 5.56 Å². The molecule has 0 aliphatic rings. The molecular formula is C13H14N2O5. The van der Waals surface area contributed by atoms with Crippen molar-refractivity contribution in [2.75, 3.05) is 13.7 Å². The Balaban J connectivity index is 2.99. The second-order valence-electron chi connectivity index (χ2n) is 3.86. The van der Waals surface area contributed by atoms with Crippen LogP contribution in [-0.4, -0.2) is 30.5 Å². The third-order valence-corrected chi connectivity index (χ3v) is 2.41. The molecule has 7 heteroatoms. The van der Waals surface area contributed by atoms with Gasteiger partial charge in [-0.2, -0.15) is 0 Å². The number of nitro groups is 1. The van der Waals surface area contributed by atoms with Crippen molar-refractivity contribution >= 4 is 23.6 Å². The molecule has 0 fully saturated rings. The molecule has 106 valence electrons. The molecule has 1 N–H and O–H groups in total. The highest BCUT2D eigenvalue weighted by atomic mass is 16.6. The van der Waals surface area contributed by atoms with E-state index >= 15 is 0 Å². The minimum atomic E-state index is -0.637. The monoisotopic (exact) mass is 278 g/mol. The first-order chi connectivity index (χ1) is 9.45. The molecule has 0 aromatic heterocycles. The quantitative estimate of drug-likeness (QED) is 0.500. The number of methoxy groups -OCH3 is 1. The maximum absolute atomic E-state index is 11.3. The van der Waals surface area contributed by atoms with E-state index in [1.54, 1.807) is 6.08 Å². The Labute approximate surface area is 115 Å².